The smallest absolute Gasteiger partial charge is 0.310 e. The van der Waals surface area contributed by atoms with Gasteiger partial charge < -0.3 is 20.3 Å². The van der Waals surface area contributed by atoms with E-state index < -0.39 is 11.5 Å². The molecule has 0 saturated carbocycles. The molecule has 10 nitrogen and oxygen atoms in total. The highest BCUT2D eigenvalue weighted by Gasteiger charge is 2.35. The Labute approximate surface area is 162 Å². The molecular formula is C18H25N5O5. The number of amides is 2. The van der Waals surface area contributed by atoms with Crippen LogP contribution in [-0.4, -0.2) is 54.0 Å². The first-order valence-corrected chi connectivity index (χ1v) is 9.57. The summed E-state index contributed by atoms with van der Waals surface area (Å²) in [5.74, 6) is -1.80. The standard InChI is InChI=1S/C18H25N5O5/c1-3-19-15(25)11-8-12(24)20-14-13(11)16(26)22-18(21-14)23-7-5-6-10(9-23)17(27)28-4-2/h10-11H,3-9H2,1-2H3,(H,19,25)(H2,20,21,22,24,26)/t10-,11+/m1/s1. The van der Waals surface area contributed by atoms with E-state index in [2.05, 4.69) is 20.6 Å². The van der Waals surface area contributed by atoms with Crippen LogP contribution in [0.3, 0.4) is 0 Å². The highest BCUT2D eigenvalue weighted by atomic mass is 16.5. The minimum Gasteiger partial charge on any atom is -0.466 e. The third kappa shape index (κ3) is 4.00. The van der Waals surface area contributed by atoms with Gasteiger partial charge in [-0.3, -0.25) is 24.2 Å². The number of likely N-dealkylation sites (N-methyl/N-ethyl adjacent to an activating group) is 1. The first kappa shape index (κ1) is 19.8. The third-order valence-electron chi connectivity index (χ3n) is 4.95. The molecule has 2 aliphatic rings. The number of carbonyl (C=O) groups is 3. The van der Waals surface area contributed by atoms with Gasteiger partial charge in [-0.05, 0) is 26.7 Å². The maximum Gasteiger partial charge on any atom is 0.310 e. The predicted molar refractivity (Wildman–Crippen MR) is 101 cm³/mol. The largest absolute Gasteiger partial charge is 0.466 e. The van der Waals surface area contributed by atoms with E-state index in [0.29, 0.717) is 32.7 Å². The summed E-state index contributed by atoms with van der Waals surface area (Å²) in [6, 6.07) is 0. The molecule has 1 aromatic rings. The van der Waals surface area contributed by atoms with Crippen molar-refractivity contribution < 1.29 is 19.1 Å². The van der Waals surface area contributed by atoms with Crippen LogP contribution in [0.2, 0.25) is 0 Å². The number of anilines is 2. The van der Waals surface area contributed by atoms with Crippen molar-refractivity contribution in [1.82, 2.24) is 15.3 Å². The summed E-state index contributed by atoms with van der Waals surface area (Å²) in [6.07, 6.45) is 1.36. The number of H-pyrrole nitrogens is 1. The lowest BCUT2D eigenvalue weighted by Crippen LogP contribution is -2.43. The minimum absolute atomic E-state index is 0.0996. The highest BCUT2D eigenvalue weighted by Crippen LogP contribution is 2.30. The predicted octanol–water partition coefficient (Wildman–Crippen LogP) is 0.111. The van der Waals surface area contributed by atoms with Crippen LogP contribution in [0, 0.1) is 5.92 Å². The lowest BCUT2D eigenvalue weighted by Gasteiger charge is -2.32. The Morgan fingerprint density at radius 2 is 2.11 bits per heavy atom. The Morgan fingerprint density at radius 1 is 1.32 bits per heavy atom. The third-order valence-corrected chi connectivity index (χ3v) is 4.95. The van der Waals surface area contributed by atoms with E-state index in [4.69, 9.17) is 4.74 Å². The van der Waals surface area contributed by atoms with E-state index in [1.807, 2.05) is 0 Å². The second kappa shape index (κ2) is 8.41. The van der Waals surface area contributed by atoms with Gasteiger partial charge in [0.05, 0.1) is 24.0 Å². The zero-order valence-corrected chi connectivity index (χ0v) is 16.0. The normalized spacial score (nSPS) is 21.5. The fourth-order valence-corrected chi connectivity index (χ4v) is 3.65. The van der Waals surface area contributed by atoms with Crippen molar-refractivity contribution in [2.24, 2.45) is 5.92 Å². The molecule has 2 aliphatic heterocycles. The molecule has 10 heteroatoms. The summed E-state index contributed by atoms with van der Waals surface area (Å²) in [5, 5.41) is 5.24. The van der Waals surface area contributed by atoms with Crippen molar-refractivity contribution in [3.63, 3.8) is 0 Å². The number of nitrogens with one attached hydrogen (secondary N) is 3. The zero-order chi connectivity index (χ0) is 20.3. The fourth-order valence-electron chi connectivity index (χ4n) is 3.65. The molecule has 0 radical (unpaired) electrons. The number of aromatic amines is 1. The fraction of sp³-hybridized carbons (Fsp3) is 0.611. The first-order valence-electron chi connectivity index (χ1n) is 9.57. The summed E-state index contributed by atoms with van der Waals surface area (Å²) < 4.78 is 5.10. The van der Waals surface area contributed by atoms with E-state index in [0.717, 1.165) is 6.42 Å². The van der Waals surface area contributed by atoms with E-state index in [1.165, 1.54) is 0 Å². The van der Waals surface area contributed by atoms with Gasteiger partial charge in [-0.2, -0.15) is 4.98 Å². The van der Waals surface area contributed by atoms with Crippen molar-refractivity contribution in [3.05, 3.63) is 15.9 Å². The van der Waals surface area contributed by atoms with Gasteiger partial charge in [-0.1, -0.05) is 0 Å². The Hall–Kier alpha value is -2.91. The SMILES string of the molecule is CCNC(=O)[C@H]1CC(=O)Nc2nc(N3CCC[C@@H](C(=O)OCC)C3)[nH]c(=O)c21. The van der Waals surface area contributed by atoms with Crippen LogP contribution in [0.5, 0.6) is 0 Å². The monoisotopic (exact) mass is 391 g/mol. The number of fused-ring (bicyclic) bond motifs is 1. The van der Waals surface area contributed by atoms with Crippen molar-refractivity contribution in [2.75, 3.05) is 36.5 Å². The molecule has 3 rings (SSSR count). The van der Waals surface area contributed by atoms with Gasteiger partial charge in [0.2, 0.25) is 17.8 Å². The quantitative estimate of drug-likeness (QED) is 0.607. The van der Waals surface area contributed by atoms with Crippen LogP contribution in [0.25, 0.3) is 0 Å². The van der Waals surface area contributed by atoms with Crippen molar-refractivity contribution in [1.29, 1.82) is 0 Å². The summed E-state index contributed by atoms with van der Waals surface area (Å²) in [7, 11) is 0. The molecule has 1 fully saturated rings. The number of rotatable bonds is 5. The molecule has 0 unspecified atom stereocenters. The van der Waals surface area contributed by atoms with E-state index in [-0.39, 0.29) is 47.5 Å². The minimum atomic E-state index is -0.873. The van der Waals surface area contributed by atoms with Crippen LogP contribution in [-0.2, 0) is 19.1 Å². The lowest BCUT2D eigenvalue weighted by molar-refractivity contribution is -0.148. The molecule has 0 aromatic carbocycles. The van der Waals surface area contributed by atoms with Crippen molar-refractivity contribution >= 4 is 29.5 Å². The number of ether oxygens (including phenoxy) is 1. The summed E-state index contributed by atoms with van der Waals surface area (Å²) in [6.45, 7) is 5.23. The molecule has 3 N–H and O–H groups in total. The number of esters is 1. The summed E-state index contributed by atoms with van der Waals surface area (Å²) in [5.41, 5.74) is -0.303. The van der Waals surface area contributed by atoms with E-state index >= 15 is 0 Å². The second-order valence-electron chi connectivity index (χ2n) is 6.89. The molecule has 1 aromatic heterocycles. The summed E-state index contributed by atoms with van der Waals surface area (Å²) >= 11 is 0. The Kier molecular flexibility index (Phi) is 5.96. The second-order valence-corrected chi connectivity index (χ2v) is 6.89. The van der Waals surface area contributed by atoms with Gasteiger partial charge in [-0.15, -0.1) is 0 Å². The van der Waals surface area contributed by atoms with Crippen LogP contribution >= 0.6 is 0 Å². The molecule has 2 amide bonds. The number of hydrogen-bond donors (Lipinski definition) is 3. The molecule has 152 valence electrons. The van der Waals surface area contributed by atoms with Crippen molar-refractivity contribution in [2.45, 2.75) is 39.0 Å². The van der Waals surface area contributed by atoms with E-state index in [1.54, 1.807) is 18.7 Å². The van der Waals surface area contributed by atoms with Gasteiger partial charge in [0, 0.05) is 26.1 Å². The van der Waals surface area contributed by atoms with Crippen LogP contribution < -0.4 is 21.1 Å². The average Bonchev–Trinajstić information content (AvgIpc) is 2.67. The molecule has 2 atom stereocenters. The number of nitrogens with zero attached hydrogens (tertiary/aromatic N) is 2. The maximum atomic E-state index is 12.7. The molecule has 0 bridgehead atoms. The van der Waals surface area contributed by atoms with Gasteiger partial charge in [0.1, 0.15) is 5.82 Å². The highest BCUT2D eigenvalue weighted by molar-refractivity contribution is 6.00. The molecule has 0 aliphatic carbocycles. The van der Waals surface area contributed by atoms with Crippen LogP contribution in [0.4, 0.5) is 11.8 Å². The Morgan fingerprint density at radius 3 is 2.82 bits per heavy atom. The average molecular weight is 391 g/mol. The van der Waals surface area contributed by atoms with Crippen molar-refractivity contribution in [3.8, 4) is 0 Å². The molecule has 1 saturated heterocycles. The van der Waals surface area contributed by atoms with Crippen LogP contribution in [0.15, 0.2) is 4.79 Å². The lowest BCUT2D eigenvalue weighted by atomic mass is 9.92. The molecule has 28 heavy (non-hydrogen) atoms. The van der Waals surface area contributed by atoms with Gasteiger partial charge in [-0.25, -0.2) is 0 Å². The molecule has 3 heterocycles. The van der Waals surface area contributed by atoms with Gasteiger partial charge >= 0.3 is 5.97 Å². The molecule has 0 spiro atoms. The first-order chi connectivity index (χ1) is 13.4. The summed E-state index contributed by atoms with van der Waals surface area (Å²) in [4.78, 5) is 58.0. The number of hydrogen-bond acceptors (Lipinski definition) is 7. The number of aromatic nitrogens is 2. The van der Waals surface area contributed by atoms with Crippen LogP contribution in [0.1, 0.15) is 44.6 Å². The van der Waals surface area contributed by atoms with Gasteiger partial charge in [0.25, 0.3) is 5.56 Å². The number of carbonyl (C=O) groups excluding carboxylic acids is 3. The Balaban J connectivity index is 1.89. The molecular weight excluding hydrogens is 366 g/mol. The Bertz CT molecular complexity index is 836. The topological polar surface area (TPSA) is 133 Å². The van der Waals surface area contributed by atoms with Gasteiger partial charge in [0.15, 0.2) is 0 Å². The number of piperidine rings is 1. The zero-order valence-electron chi connectivity index (χ0n) is 16.0. The maximum absolute atomic E-state index is 12.7. The van der Waals surface area contributed by atoms with E-state index in [9.17, 15) is 19.2 Å².